The Labute approximate surface area is 125 Å². The SMILES string of the molecule is CC[C@@H]1CN([C@@H](C)c2nc(N)nc(N(C)C)n2)CCS1. The molecule has 0 saturated carbocycles. The van der Waals surface area contributed by atoms with Gasteiger partial charge in [0.25, 0.3) is 0 Å². The summed E-state index contributed by atoms with van der Waals surface area (Å²) >= 11 is 2.06. The summed E-state index contributed by atoms with van der Waals surface area (Å²) in [6.45, 7) is 6.56. The molecule has 1 aliphatic rings. The molecule has 0 aliphatic carbocycles. The molecule has 0 unspecified atom stereocenters. The molecule has 1 aromatic heterocycles. The lowest BCUT2D eigenvalue weighted by molar-refractivity contribution is 0.209. The molecule has 1 fully saturated rings. The normalized spacial score (nSPS) is 21.7. The molecule has 1 aliphatic heterocycles. The molecule has 112 valence electrons. The van der Waals surface area contributed by atoms with Gasteiger partial charge in [0.2, 0.25) is 11.9 Å². The van der Waals surface area contributed by atoms with E-state index < -0.39 is 0 Å². The highest BCUT2D eigenvalue weighted by atomic mass is 32.2. The molecule has 2 rings (SSSR count). The van der Waals surface area contributed by atoms with Crippen molar-refractivity contribution in [3.05, 3.63) is 5.82 Å². The van der Waals surface area contributed by atoms with Crippen LogP contribution >= 0.6 is 11.8 Å². The highest BCUT2D eigenvalue weighted by Gasteiger charge is 2.26. The molecule has 6 nitrogen and oxygen atoms in total. The Bertz CT molecular complexity index is 452. The van der Waals surface area contributed by atoms with Gasteiger partial charge in [-0.15, -0.1) is 0 Å². The van der Waals surface area contributed by atoms with Crippen molar-refractivity contribution in [2.24, 2.45) is 0 Å². The Morgan fingerprint density at radius 3 is 2.80 bits per heavy atom. The second-order valence-electron chi connectivity index (χ2n) is 5.32. The molecule has 0 amide bonds. The summed E-state index contributed by atoms with van der Waals surface area (Å²) in [5.41, 5.74) is 5.81. The molecule has 1 aromatic rings. The molecule has 2 heterocycles. The van der Waals surface area contributed by atoms with Crippen molar-refractivity contribution in [1.82, 2.24) is 19.9 Å². The molecule has 2 atom stereocenters. The van der Waals surface area contributed by atoms with Gasteiger partial charge in [-0.05, 0) is 13.3 Å². The standard InChI is InChI=1S/C13H24N6S/c1-5-10-8-19(6-7-20-10)9(2)11-15-12(14)17-13(16-11)18(3)4/h9-10H,5-8H2,1-4H3,(H2,14,15,16,17)/t9-,10+/m0/s1. The maximum atomic E-state index is 5.81. The maximum absolute atomic E-state index is 5.81. The number of anilines is 2. The average Bonchev–Trinajstić information content (AvgIpc) is 2.45. The molecule has 0 bridgehead atoms. The number of aromatic nitrogens is 3. The molecular weight excluding hydrogens is 272 g/mol. The first-order valence-electron chi connectivity index (χ1n) is 7.05. The fourth-order valence-electron chi connectivity index (χ4n) is 2.29. The van der Waals surface area contributed by atoms with E-state index in [2.05, 4.69) is 45.5 Å². The van der Waals surface area contributed by atoms with E-state index in [0.717, 1.165) is 18.9 Å². The second-order valence-corrected chi connectivity index (χ2v) is 6.73. The number of hydrogen-bond donors (Lipinski definition) is 1. The minimum atomic E-state index is 0.175. The van der Waals surface area contributed by atoms with E-state index in [-0.39, 0.29) is 6.04 Å². The van der Waals surface area contributed by atoms with E-state index in [1.165, 1.54) is 12.2 Å². The zero-order valence-electron chi connectivity index (χ0n) is 12.7. The highest BCUT2D eigenvalue weighted by Crippen LogP contribution is 2.27. The number of nitrogens with two attached hydrogens (primary N) is 1. The second kappa shape index (κ2) is 6.58. The number of thioether (sulfide) groups is 1. The van der Waals surface area contributed by atoms with Gasteiger partial charge < -0.3 is 10.6 Å². The Hall–Kier alpha value is -1.08. The first kappa shape index (κ1) is 15.3. The van der Waals surface area contributed by atoms with Crippen LogP contribution in [0.2, 0.25) is 0 Å². The summed E-state index contributed by atoms with van der Waals surface area (Å²) in [5, 5.41) is 0.707. The van der Waals surface area contributed by atoms with Crippen molar-refractivity contribution in [2.75, 3.05) is 43.6 Å². The van der Waals surface area contributed by atoms with Crippen LogP contribution in [0.1, 0.15) is 32.1 Å². The van der Waals surface area contributed by atoms with Crippen LogP contribution in [-0.2, 0) is 0 Å². The molecule has 0 aromatic carbocycles. The van der Waals surface area contributed by atoms with E-state index in [4.69, 9.17) is 5.73 Å². The van der Waals surface area contributed by atoms with Crippen molar-refractivity contribution in [3.8, 4) is 0 Å². The van der Waals surface area contributed by atoms with Crippen LogP contribution in [0, 0.1) is 0 Å². The van der Waals surface area contributed by atoms with Crippen LogP contribution in [0.25, 0.3) is 0 Å². The third-order valence-electron chi connectivity index (χ3n) is 3.61. The van der Waals surface area contributed by atoms with E-state index in [1.54, 1.807) is 0 Å². The largest absolute Gasteiger partial charge is 0.368 e. The van der Waals surface area contributed by atoms with Crippen LogP contribution in [-0.4, -0.2) is 58.0 Å². The van der Waals surface area contributed by atoms with E-state index in [9.17, 15) is 0 Å². The van der Waals surface area contributed by atoms with Gasteiger partial charge in [-0.25, -0.2) is 0 Å². The zero-order chi connectivity index (χ0) is 14.7. The summed E-state index contributed by atoms with van der Waals surface area (Å²) in [6, 6.07) is 0.175. The number of rotatable bonds is 4. The van der Waals surface area contributed by atoms with E-state index in [1.807, 2.05) is 19.0 Å². The van der Waals surface area contributed by atoms with E-state index in [0.29, 0.717) is 17.1 Å². The van der Waals surface area contributed by atoms with E-state index >= 15 is 0 Å². The quantitative estimate of drug-likeness (QED) is 0.900. The summed E-state index contributed by atoms with van der Waals surface area (Å²) in [5.74, 6) is 2.86. The molecule has 7 heteroatoms. The van der Waals surface area contributed by atoms with Crippen molar-refractivity contribution in [3.63, 3.8) is 0 Å². The summed E-state index contributed by atoms with van der Waals surface area (Å²) in [6.07, 6.45) is 1.20. The van der Waals surface area contributed by atoms with Crippen LogP contribution in [0.5, 0.6) is 0 Å². The minimum Gasteiger partial charge on any atom is -0.368 e. The fourth-order valence-corrected chi connectivity index (χ4v) is 3.49. The minimum absolute atomic E-state index is 0.175. The third-order valence-corrected chi connectivity index (χ3v) is 4.98. The van der Waals surface area contributed by atoms with Gasteiger partial charge in [-0.1, -0.05) is 6.92 Å². The number of hydrogen-bond acceptors (Lipinski definition) is 7. The van der Waals surface area contributed by atoms with Crippen LogP contribution in [0.4, 0.5) is 11.9 Å². The third kappa shape index (κ3) is 3.52. The Kier molecular flexibility index (Phi) is 5.04. The van der Waals surface area contributed by atoms with Gasteiger partial charge >= 0.3 is 0 Å². The monoisotopic (exact) mass is 296 g/mol. The summed E-state index contributed by atoms with van der Waals surface area (Å²) in [4.78, 5) is 17.3. The Balaban J connectivity index is 2.17. The predicted octanol–water partition coefficient (Wildman–Crippen LogP) is 1.41. The molecule has 20 heavy (non-hydrogen) atoms. The Morgan fingerprint density at radius 1 is 1.40 bits per heavy atom. The lowest BCUT2D eigenvalue weighted by Gasteiger charge is -2.35. The molecule has 2 N–H and O–H groups in total. The van der Waals surface area contributed by atoms with Crippen molar-refractivity contribution >= 4 is 23.7 Å². The molecule has 1 saturated heterocycles. The topological polar surface area (TPSA) is 71.2 Å². The van der Waals surface area contributed by atoms with Gasteiger partial charge in [0.05, 0.1) is 6.04 Å². The Morgan fingerprint density at radius 2 is 2.15 bits per heavy atom. The van der Waals surface area contributed by atoms with Gasteiger partial charge in [-0.3, -0.25) is 4.90 Å². The average molecular weight is 296 g/mol. The van der Waals surface area contributed by atoms with Gasteiger partial charge in [0, 0.05) is 38.2 Å². The lowest BCUT2D eigenvalue weighted by Crippen LogP contribution is -2.40. The fraction of sp³-hybridized carbons (Fsp3) is 0.769. The first-order valence-corrected chi connectivity index (χ1v) is 8.10. The molecule has 0 spiro atoms. The maximum Gasteiger partial charge on any atom is 0.229 e. The molecular formula is C13H24N6S. The van der Waals surface area contributed by atoms with Crippen LogP contribution in [0.15, 0.2) is 0 Å². The zero-order valence-corrected chi connectivity index (χ0v) is 13.5. The van der Waals surface area contributed by atoms with Crippen molar-refractivity contribution in [1.29, 1.82) is 0 Å². The van der Waals surface area contributed by atoms with Crippen molar-refractivity contribution < 1.29 is 0 Å². The van der Waals surface area contributed by atoms with Gasteiger partial charge in [-0.2, -0.15) is 26.7 Å². The summed E-state index contributed by atoms with van der Waals surface area (Å²) < 4.78 is 0. The lowest BCUT2D eigenvalue weighted by atomic mass is 10.2. The van der Waals surface area contributed by atoms with Crippen molar-refractivity contribution in [2.45, 2.75) is 31.6 Å². The van der Waals surface area contributed by atoms with Crippen LogP contribution < -0.4 is 10.6 Å². The predicted molar refractivity (Wildman–Crippen MR) is 85.1 cm³/mol. The number of nitrogen functional groups attached to an aromatic ring is 1. The van der Waals surface area contributed by atoms with Gasteiger partial charge in [0.1, 0.15) is 0 Å². The molecule has 0 radical (unpaired) electrons. The highest BCUT2D eigenvalue weighted by molar-refractivity contribution is 8.00. The van der Waals surface area contributed by atoms with Gasteiger partial charge in [0.15, 0.2) is 5.82 Å². The van der Waals surface area contributed by atoms with Crippen LogP contribution in [0.3, 0.4) is 0 Å². The first-order chi connectivity index (χ1) is 9.51. The smallest absolute Gasteiger partial charge is 0.229 e. The summed E-state index contributed by atoms with van der Waals surface area (Å²) in [7, 11) is 3.82. The number of nitrogens with zero attached hydrogens (tertiary/aromatic N) is 5.